The third-order valence-electron chi connectivity index (χ3n) is 6.14. The van der Waals surface area contributed by atoms with E-state index in [4.69, 9.17) is 0 Å². The second-order valence-corrected chi connectivity index (χ2v) is 8.43. The average molecular weight is 434 g/mol. The Balaban J connectivity index is 1.73. The SMILES string of the molecule is CC/C(C)=C/C=C\C(C(=O)N1CCC(Cc2ccc(F)cc2)CC1)=C(/C)c1ccncn1. The Labute approximate surface area is 190 Å². The maximum absolute atomic E-state index is 13.5. The first-order valence-electron chi connectivity index (χ1n) is 11.3. The fourth-order valence-electron chi connectivity index (χ4n) is 3.90. The lowest BCUT2D eigenvalue weighted by atomic mass is 9.89. The van der Waals surface area contributed by atoms with Gasteiger partial charge < -0.3 is 4.90 Å². The normalized spacial score (nSPS) is 16.4. The minimum absolute atomic E-state index is 0.0418. The van der Waals surface area contributed by atoms with Crippen LogP contribution in [0.15, 0.2) is 72.2 Å². The molecule has 2 heterocycles. The molecule has 4 nitrogen and oxygen atoms in total. The van der Waals surface area contributed by atoms with Crippen LogP contribution in [-0.2, 0) is 11.2 Å². The zero-order chi connectivity index (χ0) is 22.9. The molecule has 0 unspecified atom stereocenters. The lowest BCUT2D eigenvalue weighted by Crippen LogP contribution is -2.39. The van der Waals surface area contributed by atoms with Crippen LogP contribution >= 0.6 is 0 Å². The minimum atomic E-state index is -0.204. The number of hydrogen-bond donors (Lipinski definition) is 0. The van der Waals surface area contributed by atoms with Crippen LogP contribution in [0.2, 0.25) is 0 Å². The zero-order valence-corrected chi connectivity index (χ0v) is 19.2. The van der Waals surface area contributed by atoms with Gasteiger partial charge >= 0.3 is 0 Å². The molecule has 0 radical (unpaired) electrons. The van der Waals surface area contributed by atoms with E-state index >= 15 is 0 Å². The Morgan fingerprint density at radius 3 is 2.50 bits per heavy atom. The van der Waals surface area contributed by atoms with E-state index in [2.05, 4.69) is 29.9 Å². The molecular formula is C27H32FN3O. The maximum atomic E-state index is 13.5. The maximum Gasteiger partial charge on any atom is 0.254 e. The highest BCUT2D eigenvalue weighted by Crippen LogP contribution is 2.25. The summed E-state index contributed by atoms with van der Waals surface area (Å²) in [7, 11) is 0. The number of nitrogens with zero attached hydrogens (tertiary/aromatic N) is 3. The number of carbonyl (C=O) groups is 1. The van der Waals surface area contributed by atoms with E-state index in [1.165, 1.54) is 24.0 Å². The minimum Gasteiger partial charge on any atom is -0.339 e. The second kappa shape index (κ2) is 11.5. The molecule has 1 aliphatic rings. The highest BCUT2D eigenvalue weighted by Gasteiger charge is 2.25. The number of benzene rings is 1. The van der Waals surface area contributed by atoms with Gasteiger partial charge in [0.25, 0.3) is 5.91 Å². The van der Waals surface area contributed by atoms with E-state index in [1.54, 1.807) is 6.20 Å². The summed E-state index contributed by atoms with van der Waals surface area (Å²) in [5.74, 6) is 0.343. The van der Waals surface area contributed by atoms with Gasteiger partial charge in [0, 0.05) is 24.9 Å². The molecule has 2 aromatic rings. The molecule has 1 aliphatic heterocycles. The van der Waals surface area contributed by atoms with Gasteiger partial charge in [-0.05, 0) is 80.9 Å². The van der Waals surface area contributed by atoms with Gasteiger partial charge in [-0.2, -0.15) is 0 Å². The standard InChI is InChI=1S/C27H32FN3O/c1-4-20(2)6-5-7-25(21(3)26-12-15-29-19-30-26)27(32)31-16-13-23(14-17-31)18-22-8-10-24(28)11-9-22/h5-12,15,19,23H,4,13-14,16-18H2,1-3H3/b7-5-,20-6+,25-21-. The van der Waals surface area contributed by atoms with E-state index in [-0.39, 0.29) is 11.7 Å². The molecule has 1 aromatic carbocycles. The predicted molar refractivity (Wildman–Crippen MR) is 127 cm³/mol. The molecule has 1 amide bonds. The van der Waals surface area contributed by atoms with Crippen molar-refractivity contribution in [2.24, 2.45) is 5.92 Å². The number of rotatable bonds is 7. The largest absolute Gasteiger partial charge is 0.339 e. The van der Waals surface area contributed by atoms with Crippen LogP contribution in [0, 0.1) is 11.7 Å². The molecule has 1 fully saturated rings. The van der Waals surface area contributed by atoms with Crippen molar-refractivity contribution in [2.75, 3.05) is 13.1 Å². The number of amides is 1. The van der Waals surface area contributed by atoms with Crippen molar-refractivity contribution in [3.63, 3.8) is 0 Å². The third-order valence-corrected chi connectivity index (χ3v) is 6.14. The molecule has 5 heteroatoms. The molecule has 0 bridgehead atoms. The van der Waals surface area contributed by atoms with Gasteiger partial charge in [0.1, 0.15) is 12.1 Å². The van der Waals surface area contributed by atoms with Crippen LogP contribution in [0.25, 0.3) is 5.57 Å². The van der Waals surface area contributed by atoms with Crippen molar-refractivity contribution in [3.05, 3.63) is 89.3 Å². The predicted octanol–water partition coefficient (Wildman–Crippen LogP) is 5.78. The first kappa shape index (κ1) is 23.6. The van der Waals surface area contributed by atoms with E-state index in [1.807, 2.05) is 42.2 Å². The zero-order valence-electron chi connectivity index (χ0n) is 19.2. The van der Waals surface area contributed by atoms with Crippen LogP contribution in [0.1, 0.15) is 51.3 Å². The lowest BCUT2D eigenvalue weighted by molar-refractivity contribution is -0.128. The Morgan fingerprint density at radius 1 is 1.16 bits per heavy atom. The highest BCUT2D eigenvalue weighted by molar-refractivity contribution is 6.03. The Kier molecular flexibility index (Phi) is 8.48. The fraction of sp³-hybridized carbons (Fsp3) is 0.370. The molecule has 3 rings (SSSR count). The number of allylic oxidation sites excluding steroid dienone is 4. The summed E-state index contributed by atoms with van der Waals surface area (Å²) < 4.78 is 13.2. The molecule has 0 aliphatic carbocycles. The van der Waals surface area contributed by atoms with Crippen molar-refractivity contribution >= 4 is 11.5 Å². The second-order valence-electron chi connectivity index (χ2n) is 8.43. The van der Waals surface area contributed by atoms with Crippen LogP contribution in [-0.4, -0.2) is 33.9 Å². The third kappa shape index (κ3) is 6.46. The van der Waals surface area contributed by atoms with E-state index in [0.29, 0.717) is 11.5 Å². The smallest absolute Gasteiger partial charge is 0.254 e. The number of carbonyl (C=O) groups excluding carboxylic acids is 1. The summed E-state index contributed by atoms with van der Waals surface area (Å²) in [6, 6.07) is 8.58. The molecule has 1 saturated heterocycles. The summed E-state index contributed by atoms with van der Waals surface area (Å²) in [4.78, 5) is 23.7. The van der Waals surface area contributed by atoms with Crippen molar-refractivity contribution in [1.82, 2.24) is 14.9 Å². The summed E-state index contributed by atoms with van der Waals surface area (Å²) in [5, 5.41) is 0. The first-order chi connectivity index (χ1) is 15.5. The van der Waals surface area contributed by atoms with E-state index in [0.717, 1.165) is 55.6 Å². The number of halogens is 1. The highest BCUT2D eigenvalue weighted by atomic mass is 19.1. The molecule has 32 heavy (non-hydrogen) atoms. The Morgan fingerprint density at radius 2 is 1.88 bits per heavy atom. The number of likely N-dealkylation sites (tertiary alicyclic amines) is 1. The van der Waals surface area contributed by atoms with E-state index < -0.39 is 0 Å². The van der Waals surface area contributed by atoms with Gasteiger partial charge in [-0.3, -0.25) is 4.79 Å². The Hall–Kier alpha value is -3.08. The molecular weight excluding hydrogens is 401 g/mol. The fourth-order valence-corrected chi connectivity index (χ4v) is 3.90. The number of piperidine rings is 1. The topological polar surface area (TPSA) is 46.1 Å². The molecule has 1 aromatic heterocycles. The van der Waals surface area contributed by atoms with Gasteiger partial charge in [-0.15, -0.1) is 0 Å². The van der Waals surface area contributed by atoms with E-state index in [9.17, 15) is 9.18 Å². The lowest BCUT2D eigenvalue weighted by Gasteiger charge is -2.32. The summed E-state index contributed by atoms with van der Waals surface area (Å²) >= 11 is 0. The summed E-state index contributed by atoms with van der Waals surface area (Å²) in [5.41, 5.74) is 4.69. The van der Waals surface area contributed by atoms with Gasteiger partial charge in [0.05, 0.1) is 5.69 Å². The molecule has 168 valence electrons. The first-order valence-corrected chi connectivity index (χ1v) is 11.3. The van der Waals surface area contributed by atoms with Crippen LogP contribution in [0.3, 0.4) is 0 Å². The summed E-state index contributed by atoms with van der Waals surface area (Å²) in [6.45, 7) is 7.59. The van der Waals surface area contributed by atoms with Crippen LogP contribution in [0.5, 0.6) is 0 Å². The Bertz CT molecular complexity index is 985. The van der Waals surface area contributed by atoms with Gasteiger partial charge in [0.15, 0.2) is 0 Å². The molecule has 0 saturated carbocycles. The molecule has 0 atom stereocenters. The summed E-state index contributed by atoms with van der Waals surface area (Å²) in [6.07, 6.45) is 12.9. The van der Waals surface area contributed by atoms with Crippen molar-refractivity contribution < 1.29 is 9.18 Å². The number of hydrogen-bond acceptors (Lipinski definition) is 3. The molecule has 0 N–H and O–H groups in total. The van der Waals surface area contributed by atoms with Gasteiger partial charge in [-0.25, -0.2) is 14.4 Å². The van der Waals surface area contributed by atoms with Crippen molar-refractivity contribution in [3.8, 4) is 0 Å². The van der Waals surface area contributed by atoms with Crippen LogP contribution < -0.4 is 0 Å². The molecule has 0 spiro atoms. The van der Waals surface area contributed by atoms with Crippen molar-refractivity contribution in [1.29, 1.82) is 0 Å². The number of aromatic nitrogens is 2. The monoisotopic (exact) mass is 433 g/mol. The average Bonchev–Trinajstić information content (AvgIpc) is 2.83. The van der Waals surface area contributed by atoms with Crippen LogP contribution in [0.4, 0.5) is 4.39 Å². The van der Waals surface area contributed by atoms with Gasteiger partial charge in [-0.1, -0.05) is 36.8 Å². The van der Waals surface area contributed by atoms with Gasteiger partial charge in [0.2, 0.25) is 0 Å². The van der Waals surface area contributed by atoms with Crippen molar-refractivity contribution in [2.45, 2.75) is 46.5 Å². The quantitative estimate of drug-likeness (QED) is 0.411.